The molecule has 1 aliphatic heterocycles. The quantitative estimate of drug-likeness (QED) is 0.256. The maximum atomic E-state index is 14.2. The fraction of sp³-hybridized carbons (Fsp3) is 0.156. The summed E-state index contributed by atoms with van der Waals surface area (Å²) in [4.78, 5) is 29.6. The molecule has 0 radical (unpaired) electrons. The molecule has 40 heavy (non-hydrogen) atoms. The molecule has 0 atom stereocenters. The summed E-state index contributed by atoms with van der Waals surface area (Å²) in [7, 11) is 0. The molecule has 0 unspecified atom stereocenters. The molecule has 204 valence electrons. The second-order valence-electron chi connectivity index (χ2n) is 9.38. The van der Waals surface area contributed by atoms with Gasteiger partial charge in [-0.15, -0.1) is 0 Å². The van der Waals surface area contributed by atoms with Crippen LogP contribution in [0.25, 0.3) is 17.4 Å². The van der Waals surface area contributed by atoms with E-state index in [0.29, 0.717) is 27.2 Å². The van der Waals surface area contributed by atoms with Gasteiger partial charge in [0, 0.05) is 13.0 Å². The van der Waals surface area contributed by atoms with Gasteiger partial charge >= 0.3 is 0 Å². The van der Waals surface area contributed by atoms with Gasteiger partial charge in [-0.25, -0.2) is 9.38 Å². The van der Waals surface area contributed by atoms with Gasteiger partial charge in [0.2, 0.25) is 0 Å². The molecule has 1 saturated heterocycles. The van der Waals surface area contributed by atoms with Crippen LogP contribution in [0.5, 0.6) is 0 Å². The number of thioether (sulfide) groups is 1. The molecule has 0 aliphatic carbocycles. The number of hydrogen-bond donors (Lipinski definition) is 1. The molecule has 8 heteroatoms. The Morgan fingerprint density at radius 1 is 0.925 bits per heavy atom. The largest absolute Gasteiger partial charge is 0.481 e. The Kier molecular flexibility index (Phi) is 8.70. The lowest BCUT2D eigenvalue weighted by Gasteiger charge is -2.17. The summed E-state index contributed by atoms with van der Waals surface area (Å²) >= 11 is 1.29. The van der Waals surface area contributed by atoms with Gasteiger partial charge < -0.3 is 9.52 Å². The van der Waals surface area contributed by atoms with Crippen molar-refractivity contribution in [3.8, 4) is 11.3 Å². The molecule has 1 aromatic heterocycles. The van der Waals surface area contributed by atoms with Crippen LogP contribution in [0.3, 0.4) is 0 Å². The summed E-state index contributed by atoms with van der Waals surface area (Å²) in [6.45, 7) is 9.25. The second-order valence-corrected chi connectivity index (χ2v) is 10.4. The number of hydrogen-bond acceptors (Lipinski definition) is 5. The van der Waals surface area contributed by atoms with Crippen LogP contribution in [0.1, 0.15) is 34.9 Å². The topological polar surface area (TPSA) is 83.1 Å². The zero-order chi connectivity index (χ0) is 29.0. The molecule has 6 nitrogen and oxygen atoms in total. The van der Waals surface area contributed by atoms with Gasteiger partial charge in [0.25, 0.3) is 11.9 Å². The number of carboxylic acid groups (broad SMARTS) is 1. The van der Waals surface area contributed by atoms with Crippen LogP contribution in [0.4, 0.5) is 15.8 Å². The Morgan fingerprint density at radius 3 is 2.23 bits per heavy atom. The van der Waals surface area contributed by atoms with Gasteiger partial charge in [0.05, 0.1) is 21.8 Å². The lowest BCUT2D eigenvalue weighted by Crippen LogP contribution is -2.28. The van der Waals surface area contributed by atoms with Crippen LogP contribution < -0.4 is 4.90 Å². The number of carboxylic acids is 1. The standard InChI is InChI=1S/C30H25FN2O2S.C2H4O2/c1-18-9-11-22(15-20(18)3)32-30-33(23-12-10-19(2)21(4)16-23)29(34)28(36-30)17-24-13-14-27(35-24)25-7-5-6-8-26(25)31;1-2(3)4/h5-17H,1-4H3;1H3,(H,3,4). The monoisotopic (exact) mass is 556 g/mol. The van der Waals surface area contributed by atoms with E-state index >= 15 is 0 Å². The van der Waals surface area contributed by atoms with Crippen LogP contribution in [-0.4, -0.2) is 22.2 Å². The van der Waals surface area contributed by atoms with Crippen molar-refractivity contribution in [2.75, 3.05) is 4.90 Å². The van der Waals surface area contributed by atoms with Crippen molar-refractivity contribution >= 4 is 46.3 Å². The summed E-state index contributed by atoms with van der Waals surface area (Å²) in [6.07, 6.45) is 1.69. The lowest BCUT2D eigenvalue weighted by atomic mass is 10.1. The van der Waals surface area contributed by atoms with E-state index < -0.39 is 5.97 Å². The van der Waals surface area contributed by atoms with E-state index in [0.717, 1.165) is 35.0 Å². The predicted octanol–water partition coefficient (Wildman–Crippen LogP) is 8.22. The number of benzene rings is 3. The maximum Gasteiger partial charge on any atom is 0.300 e. The van der Waals surface area contributed by atoms with Crippen molar-refractivity contribution in [2.24, 2.45) is 4.99 Å². The molecule has 0 saturated carbocycles. The van der Waals surface area contributed by atoms with Crippen LogP contribution in [0.2, 0.25) is 0 Å². The highest BCUT2D eigenvalue weighted by Gasteiger charge is 2.35. The van der Waals surface area contributed by atoms with Crippen LogP contribution in [0.15, 0.2) is 87.1 Å². The molecule has 5 rings (SSSR count). The molecule has 1 N–H and O–H groups in total. The molecule has 0 bridgehead atoms. The van der Waals surface area contributed by atoms with Crippen molar-refractivity contribution in [1.29, 1.82) is 0 Å². The number of aliphatic imine (C=N–C) groups is 1. The summed E-state index contributed by atoms with van der Waals surface area (Å²) in [5.41, 5.74) is 6.48. The van der Waals surface area contributed by atoms with Crippen molar-refractivity contribution < 1.29 is 23.5 Å². The third-order valence-corrected chi connectivity index (χ3v) is 7.28. The van der Waals surface area contributed by atoms with Crippen LogP contribution >= 0.6 is 11.8 Å². The SMILES string of the molecule is CC(=O)O.Cc1ccc(N=C2SC(=Cc3ccc(-c4ccccc4F)o3)C(=O)N2c2ccc(C)c(C)c2)cc1C. The first kappa shape index (κ1) is 28.6. The minimum Gasteiger partial charge on any atom is -0.481 e. The molecule has 4 aromatic rings. The van der Waals surface area contributed by atoms with E-state index in [9.17, 15) is 9.18 Å². The van der Waals surface area contributed by atoms with E-state index in [2.05, 4.69) is 6.92 Å². The number of carbonyl (C=O) groups is 2. The average Bonchev–Trinajstić information content (AvgIpc) is 3.47. The van der Waals surface area contributed by atoms with Crippen molar-refractivity contribution in [2.45, 2.75) is 34.6 Å². The average molecular weight is 557 g/mol. The third-order valence-electron chi connectivity index (χ3n) is 6.31. The van der Waals surface area contributed by atoms with E-state index in [1.165, 1.54) is 23.4 Å². The Balaban J connectivity index is 0.000000867. The Bertz CT molecular complexity index is 1650. The highest BCUT2D eigenvalue weighted by atomic mass is 32.2. The normalized spacial score (nSPS) is 14.9. The fourth-order valence-corrected chi connectivity index (χ4v) is 4.89. The van der Waals surface area contributed by atoms with Gasteiger partial charge in [0.15, 0.2) is 5.17 Å². The van der Waals surface area contributed by atoms with Gasteiger partial charge in [-0.05, 0) is 110 Å². The number of nitrogens with zero attached hydrogens (tertiary/aromatic N) is 2. The number of amidine groups is 1. The minimum atomic E-state index is -0.833. The highest BCUT2D eigenvalue weighted by molar-refractivity contribution is 8.19. The molecule has 1 aliphatic rings. The third kappa shape index (κ3) is 6.58. The number of halogens is 1. The summed E-state index contributed by atoms with van der Waals surface area (Å²) < 4.78 is 20.1. The second kappa shape index (κ2) is 12.2. The van der Waals surface area contributed by atoms with E-state index in [4.69, 9.17) is 19.3 Å². The number of aryl methyl sites for hydroxylation is 4. The van der Waals surface area contributed by atoms with Crippen molar-refractivity contribution in [3.05, 3.63) is 112 Å². The number of anilines is 1. The lowest BCUT2D eigenvalue weighted by molar-refractivity contribution is -0.134. The van der Waals surface area contributed by atoms with Gasteiger partial charge in [-0.2, -0.15) is 0 Å². The Hall–Kier alpha value is -4.43. The molecular formula is C32H29FN2O4S. The Morgan fingerprint density at radius 2 is 1.57 bits per heavy atom. The van der Waals surface area contributed by atoms with Crippen molar-refractivity contribution in [1.82, 2.24) is 0 Å². The fourth-order valence-electron chi connectivity index (χ4n) is 3.91. The summed E-state index contributed by atoms with van der Waals surface area (Å²) in [5.74, 6) is -0.502. The number of carbonyl (C=O) groups excluding carboxylic acids is 1. The summed E-state index contributed by atoms with van der Waals surface area (Å²) in [6, 6.07) is 21.8. The zero-order valence-corrected chi connectivity index (χ0v) is 23.7. The van der Waals surface area contributed by atoms with E-state index in [1.54, 1.807) is 41.3 Å². The van der Waals surface area contributed by atoms with Gasteiger partial charge in [-0.3, -0.25) is 14.5 Å². The first-order chi connectivity index (χ1) is 19.0. The zero-order valence-electron chi connectivity index (χ0n) is 22.9. The number of rotatable bonds is 4. The maximum absolute atomic E-state index is 14.2. The van der Waals surface area contributed by atoms with E-state index in [1.807, 2.05) is 57.2 Å². The smallest absolute Gasteiger partial charge is 0.300 e. The number of aliphatic carboxylic acids is 1. The molecule has 0 spiro atoms. The van der Waals surface area contributed by atoms with Crippen LogP contribution in [-0.2, 0) is 9.59 Å². The minimum absolute atomic E-state index is 0.185. The molecule has 3 aromatic carbocycles. The van der Waals surface area contributed by atoms with E-state index in [-0.39, 0.29) is 11.7 Å². The first-order valence-corrected chi connectivity index (χ1v) is 13.4. The highest BCUT2D eigenvalue weighted by Crippen LogP contribution is 2.38. The van der Waals surface area contributed by atoms with Crippen LogP contribution in [0, 0.1) is 33.5 Å². The predicted molar refractivity (Wildman–Crippen MR) is 159 cm³/mol. The van der Waals surface area contributed by atoms with Gasteiger partial charge in [0.1, 0.15) is 17.3 Å². The number of amides is 1. The van der Waals surface area contributed by atoms with Gasteiger partial charge in [-0.1, -0.05) is 24.3 Å². The summed E-state index contributed by atoms with van der Waals surface area (Å²) in [5, 5.41) is 7.98. The molecule has 2 heterocycles. The Labute approximate surface area is 236 Å². The molecule has 1 amide bonds. The number of furan rings is 1. The molecule has 1 fully saturated rings. The molecular weight excluding hydrogens is 527 g/mol. The first-order valence-electron chi connectivity index (χ1n) is 12.5. The van der Waals surface area contributed by atoms with Crippen molar-refractivity contribution in [3.63, 3.8) is 0 Å².